The summed E-state index contributed by atoms with van der Waals surface area (Å²) in [5, 5.41) is 1.30. The van der Waals surface area contributed by atoms with Gasteiger partial charge in [0.25, 0.3) is 0 Å². The monoisotopic (exact) mass is 174 g/mol. The molecule has 1 radical (unpaired) electrons. The maximum atomic E-state index is 7.10. The molecule has 0 bridgehead atoms. The van der Waals surface area contributed by atoms with Gasteiger partial charge in [0, 0.05) is 10.9 Å². The van der Waals surface area contributed by atoms with E-state index >= 15 is 0 Å². The minimum atomic E-state index is 0.356. The van der Waals surface area contributed by atoms with Crippen LogP contribution >= 0.6 is 11.3 Å². The van der Waals surface area contributed by atoms with Gasteiger partial charge in [-0.05, 0) is 24.4 Å². The Morgan fingerprint density at radius 3 is 3.17 bits per heavy atom. The number of aryl methyl sites for hydroxylation is 1. The molecule has 59 valence electrons. The molecule has 12 heavy (non-hydrogen) atoms. The highest BCUT2D eigenvalue weighted by Crippen LogP contribution is 2.23. The highest BCUT2D eigenvalue weighted by Gasteiger charge is 1.98. The van der Waals surface area contributed by atoms with E-state index in [0.717, 1.165) is 5.46 Å². The molecule has 2 aromatic rings. The lowest BCUT2D eigenvalue weighted by molar-refractivity contribution is 1.66. The molecule has 2 rings (SSSR count). The number of hydrogen-bond donors (Lipinski definition) is 0. The summed E-state index contributed by atoms with van der Waals surface area (Å²) in [5.74, 6) is 0. The van der Waals surface area contributed by atoms with Crippen molar-refractivity contribution in [2.75, 3.05) is 0 Å². The summed E-state index contributed by atoms with van der Waals surface area (Å²) >= 11 is 1.82. The first-order chi connectivity index (χ1) is 6.29. The summed E-state index contributed by atoms with van der Waals surface area (Å²) in [5.41, 5.74) is 1.15. The third-order valence-electron chi connectivity index (χ3n) is 1.90. The van der Waals surface area contributed by atoms with Gasteiger partial charge in [-0.3, -0.25) is 0 Å². The molecule has 1 heterocycles. The normalized spacial score (nSPS) is 11.6. The number of hydrogen-bond acceptors (Lipinski definition) is 1. The van der Waals surface area contributed by atoms with Crippen molar-refractivity contribution in [3.05, 3.63) is 29.1 Å². The molecule has 0 atom stereocenters. The summed E-state index contributed by atoms with van der Waals surface area (Å²) in [7, 11) is 1.92. The minimum Gasteiger partial charge on any atom is -0.141 e. The first kappa shape index (κ1) is 6.73. The molecule has 1 aromatic carbocycles. The smallest absolute Gasteiger partial charge is 0.141 e. The van der Waals surface area contributed by atoms with Crippen molar-refractivity contribution in [2.24, 2.45) is 0 Å². The summed E-state index contributed by atoms with van der Waals surface area (Å²) in [4.78, 5) is 1.35. The van der Waals surface area contributed by atoms with Crippen LogP contribution in [0.15, 0.2) is 24.3 Å². The van der Waals surface area contributed by atoms with Gasteiger partial charge in [0.1, 0.15) is 7.28 Å². The van der Waals surface area contributed by atoms with Crippen molar-refractivity contribution in [1.29, 1.82) is 0 Å². The number of benzene rings is 1. The zero-order valence-corrected chi connectivity index (χ0v) is 7.82. The highest BCUT2D eigenvalue weighted by molar-refractivity contribution is 7.19. The predicted octanol–water partition coefficient (Wildman–Crippen LogP) is 2.59. The molecule has 0 aliphatic carbocycles. The maximum Gasteiger partial charge on any atom is 0.148 e. The van der Waals surface area contributed by atoms with E-state index in [1.54, 1.807) is 0 Å². The average Bonchev–Trinajstić information content (AvgIpc) is 2.44. The van der Waals surface area contributed by atoms with Crippen molar-refractivity contribution >= 4 is 34.2 Å². The molecule has 0 unspecified atom stereocenters. The van der Waals surface area contributed by atoms with Gasteiger partial charge in [-0.25, -0.2) is 0 Å². The fraction of sp³-hybridized carbons (Fsp3) is 0.200. The standard InChI is InChI=1S/C10H10BS/c1-7-5-8-6-9(11-2)3-4-10(8)12-7/h3-6H,1-2H3/i2D. The maximum absolute atomic E-state index is 7.10. The van der Waals surface area contributed by atoms with Crippen LogP contribution in [0.1, 0.15) is 6.25 Å². The SMILES string of the molecule is [2H]C[B]c1ccc2sc(C)cc2c1. The van der Waals surface area contributed by atoms with Gasteiger partial charge < -0.3 is 0 Å². The summed E-state index contributed by atoms with van der Waals surface area (Å²) in [6, 6.07) is 8.55. The second kappa shape index (κ2) is 2.94. The van der Waals surface area contributed by atoms with Crippen molar-refractivity contribution in [3.8, 4) is 0 Å². The van der Waals surface area contributed by atoms with Crippen molar-refractivity contribution in [1.82, 2.24) is 0 Å². The summed E-state index contributed by atoms with van der Waals surface area (Å²) in [6.45, 7) is 2.48. The topological polar surface area (TPSA) is 0 Å². The Hall–Kier alpha value is -0.755. The summed E-state index contributed by atoms with van der Waals surface area (Å²) < 4.78 is 8.43. The van der Waals surface area contributed by atoms with Crippen LogP contribution in [-0.2, 0) is 0 Å². The van der Waals surface area contributed by atoms with Crippen LogP contribution in [0, 0.1) is 6.92 Å². The van der Waals surface area contributed by atoms with Crippen LogP contribution < -0.4 is 5.46 Å². The molecule has 2 heteroatoms. The van der Waals surface area contributed by atoms with Crippen LogP contribution in [-0.4, -0.2) is 7.28 Å². The van der Waals surface area contributed by atoms with Gasteiger partial charge in [-0.15, -0.1) is 11.3 Å². The van der Waals surface area contributed by atoms with E-state index in [9.17, 15) is 0 Å². The van der Waals surface area contributed by atoms with E-state index in [1.807, 2.05) is 18.6 Å². The third-order valence-corrected chi connectivity index (χ3v) is 2.93. The molecule has 0 amide bonds. The first-order valence-corrected chi connectivity index (χ1v) is 4.74. The largest absolute Gasteiger partial charge is 0.148 e. The molecule has 0 fully saturated rings. The van der Waals surface area contributed by atoms with E-state index in [1.165, 1.54) is 15.0 Å². The van der Waals surface area contributed by atoms with Crippen molar-refractivity contribution < 1.29 is 1.37 Å². The Morgan fingerprint density at radius 2 is 2.33 bits per heavy atom. The lowest BCUT2D eigenvalue weighted by atomic mass is 9.73. The van der Waals surface area contributed by atoms with Crippen molar-refractivity contribution in [2.45, 2.75) is 13.7 Å². The lowest BCUT2D eigenvalue weighted by Gasteiger charge is -1.93. The zero-order valence-electron chi connectivity index (χ0n) is 8.00. The molecule has 0 aliphatic heterocycles. The van der Waals surface area contributed by atoms with Crippen LogP contribution in [0.3, 0.4) is 0 Å². The van der Waals surface area contributed by atoms with Crippen LogP contribution in [0.25, 0.3) is 10.1 Å². The molecule has 1 aromatic heterocycles. The predicted molar refractivity (Wildman–Crippen MR) is 57.8 cm³/mol. The molecule has 0 saturated carbocycles. The number of rotatable bonds is 1. The molecule has 0 saturated heterocycles. The highest BCUT2D eigenvalue weighted by atomic mass is 32.1. The van der Waals surface area contributed by atoms with E-state index in [2.05, 4.69) is 31.2 Å². The van der Waals surface area contributed by atoms with Gasteiger partial charge in [0.05, 0.1) is 0 Å². The Bertz CT molecular complexity index is 422. The molecular formula is C10H10BS. The van der Waals surface area contributed by atoms with E-state index < -0.39 is 0 Å². The third kappa shape index (κ3) is 1.27. The van der Waals surface area contributed by atoms with Gasteiger partial charge in [-0.1, -0.05) is 24.4 Å². The quantitative estimate of drug-likeness (QED) is 0.583. The Kier molecular flexibility index (Phi) is 1.65. The summed E-state index contributed by atoms with van der Waals surface area (Å²) in [6.07, 6.45) is 0. The van der Waals surface area contributed by atoms with Crippen molar-refractivity contribution in [3.63, 3.8) is 0 Å². The Balaban J connectivity index is 2.48. The molecule has 0 aliphatic rings. The first-order valence-electron chi connectivity index (χ1n) is 4.63. The van der Waals surface area contributed by atoms with E-state index in [4.69, 9.17) is 1.37 Å². The van der Waals surface area contributed by atoms with Gasteiger partial charge in [0.2, 0.25) is 0 Å². The lowest BCUT2D eigenvalue weighted by Crippen LogP contribution is -2.08. The molecule has 0 nitrogen and oxygen atoms in total. The van der Waals surface area contributed by atoms with E-state index in [-0.39, 0.29) is 0 Å². The van der Waals surface area contributed by atoms with Gasteiger partial charge >= 0.3 is 0 Å². The Labute approximate surface area is 78.9 Å². The fourth-order valence-electron chi connectivity index (χ4n) is 1.32. The Morgan fingerprint density at radius 1 is 1.42 bits per heavy atom. The number of fused-ring (bicyclic) bond motifs is 1. The van der Waals surface area contributed by atoms with Crippen LogP contribution in [0.4, 0.5) is 0 Å². The van der Waals surface area contributed by atoms with Crippen LogP contribution in [0.5, 0.6) is 0 Å². The fourth-order valence-corrected chi connectivity index (χ4v) is 2.23. The zero-order chi connectivity index (χ0) is 9.26. The van der Waals surface area contributed by atoms with Gasteiger partial charge in [0.15, 0.2) is 0 Å². The molecule has 0 spiro atoms. The second-order valence-corrected chi connectivity index (χ2v) is 4.15. The second-order valence-electron chi connectivity index (χ2n) is 2.86. The minimum absolute atomic E-state index is 0.356. The van der Waals surface area contributed by atoms with Crippen LogP contribution in [0.2, 0.25) is 6.80 Å². The van der Waals surface area contributed by atoms with E-state index in [0.29, 0.717) is 6.80 Å². The number of thiophene rings is 1. The molecule has 0 N–H and O–H groups in total. The molecular weight excluding hydrogens is 163 g/mol. The van der Waals surface area contributed by atoms with Gasteiger partial charge in [-0.2, -0.15) is 0 Å². The average molecular weight is 174 g/mol.